The number of anilines is 2. The minimum absolute atomic E-state index is 0.0285. The average Bonchev–Trinajstić information content (AvgIpc) is 3.59. The van der Waals surface area contributed by atoms with Crippen LogP contribution in [0.4, 0.5) is 20.5 Å². The van der Waals surface area contributed by atoms with E-state index in [1.807, 2.05) is 13.0 Å². The van der Waals surface area contributed by atoms with Gasteiger partial charge >= 0.3 is 11.9 Å². The lowest BCUT2D eigenvalue weighted by atomic mass is 9.87. The number of nitrogens with one attached hydrogen (secondary N) is 1. The van der Waals surface area contributed by atoms with Crippen molar-refractivity contribution in [3.05, 3.63) is 52.3 Å². The Bertz CT molecular complexity index is 1360. The molecule has 1 saturated carbocycles. The molecule has 1 unspecified atom stereocenters. The first-order valence-electron chi connectivity index (χ1n) is 13.1. The summed E-state index contributed by atoms with van der Waals surface area (Å²) in [7, 11) is 0. The van der Waals surface area contributed by atoms with E-state index in [1.54, 1.807) is 12.1 Å². The number of para-hydroxylation sites is 1. The number of carboxylic acid groups (broad SMARTS) is 1. The molecule has 1 aliphatic carbocycles. The number of carboxylic acids is 1. The van der Waals surface area contributed by atoms with Crippen molar-refractivity contribution in [2.45, 2.75) is 64.0 Å². The fourth-order valence-electron chi connectivity index (χ4n) is 5.34. The monoisotopic (exact) mass is 561 g/mol. The highest BCUT2D eigenvalue weighted by Gasteiger charge is 2.49. The lowest BCUT2D eigenvalue weighted by Gasteiger charge is -2.37. The third-order valence-corrected chi connectivity index (χ3v) is 7.90. The second kappa shape index (κ2) is 11.2. The number of aromatic nitrogens is 1. The number of Topliss-reactive ketones (excluding diaryl/α,β-unsaturated/α-hetero) is 1. The summed E-state index contributed by atoms with van der Waals surface area (Å²) in [5.41, 5.74) is 1.45. The Morgan fingerprint density at radius 2 is 1.92 bits per heavy atom. The molecular weight excluding hydrogens is 532 g/mol. The van der Waals surface area contributed by atoms with E-state index in [4.69, 9.17) is 20.8 Å². The van der Waals surface area contributed by atoms with E-state index >= 15 is 8.78 Å². The Hall–Kier alpha value is -3.08. The smallest absolute Gasteiger partial charge is 0.330 e. The van der Waals surface area contributed by atoms with Crippen LogP contribution in [0.3, 0.4) is 0 Å². The van der Waals surface area contributed by atoms with Gasteiger partial charge in [0.05, 0.1) is 22.7 Å². The van der Waals surface area contributed by atoms with E-state index in [0.29, 0.717) is 62.3 Å². The third kappa shape index (κ3) is 5.64. The fraction of sp³-hybridized carbons (Fsp3) is 0.464. The molecule has 208 valence electrons. The van der Waals surface area contributed by atoms with Crippen LogP contribution >= 0.6 is 11.6 Å². The van der Waals surface area contributed by atoms with Crippen molar-refractivity contribution in [1.82, 2.24) is 9.88 Å². The number of ether oxygens (including phenoxy) is 1. The number of hydrogen-bond donors (Lipinski definition) is 2. The van der Waals surface area contributed by atoms with Crippen molar-refractivity contribution < 1.29 is 32.6 Å². The minimum Gasteiger partial charge on any atom is -0.481 e. The zero-order chi connectivity index (χ0) is 27.7. The Kier molecular flexibility index (Phi) is 7.89. The minimum atomic E-state index is -2.73. The number of halogens is 3. The molecule has 39 heavy (non-hydrogen) atoms. The Labute approximate surface area is 229 Å². The highest BCUT2D eigenvalue weighted by atomic mass is 35.5. The lowest BCUT2D eigenvalue weighted by molar-refractivity contribution is -0.252. The van der Waals surface area contributed by atoms with Gasteiger partial charge in [-0.05, 0) is 68.7 Å². The van der Waals surface area contributed by atoms with Gasteiger partial charge in [-0.25, -0.2) is 9.29 Å². The maximum absolute atomic E-state index is 16.4. The summed E-state index contributed by atoms with van der Waals surface area (Å²) in [6.45, 7) is 2.53. The third-order valence-electron chi connectivity index (χ3n) is 7.58. The Morgan fingerprint density at radius 1 is 1.21 bits per heavy atom. The predicted octanol–water partition coefficient (Wildman–Crippen LogP) is 6.16. The van der Waals surface area contributed by atoms with Gasteiger partial charge in [-0.1, -0.05) is 29.8 Å². The van der Waals surface area contributed by atoms with Gasteiger partial charge in [-0.2, -0.15) is 9.37 Å². The highest BCUT2D eigenvalue weighted by molar-refractivity contribution is 6.33. The van der Waals surface area contributed by atoms with E-state index in [9.17, 15) is 14.7 Å². The number of ketones is 1. The molecular formula is C28H30ClF2N3O5. The van der Waals surface area contributed by atoms with E-state index in [0.717, 1.165) is 5.56 Å². The number of aryl methyl sites for hydroxylation is 1. The first-order valence-corrected chi connectivity index (χ1v) is 13.5. The maximum Gasteiger partial charge on any atom is 0.330 e. The van der Waals surface area contributed by atoms with Crippen LogP contribution < -0.4 is 5.32 Å². The van der Waals surface area contributed by atoms with Crippen molar-refractivity contribution in [3.63, 3.8) is 0 Å². The number of likely N-dealkylation sites (tertiary alicyclic amines) is 1. The summed E-state index contributed by atoms with van der Waals surface area (Å²) in [6, 6.07) is 8.29. The average molecular weight is 562 g/mol. The molecule has 2 aliphatic rings. The summed E-state index contributed by atoms with van der Waals surface area (Å²) in [6.07, 6.45) is 1.66. The summed E-state index contributed by atoms with van der Waals surface area (Å²) < 4.78 is 43.4. The zero-order valence-electron chi connectivity index (χ0n) is 21.5. The van der Waals surface area contributed by atoms with Crippen molar-refractivity contribution in [1.29, 1.82) is 0 Å². The maximum atomic E-state index is 16.4. The van der Waals surface area contributed by atoms with E-state index < -0.39 is 42.0 Å². The number of hydrogen-bond acceptors (Lipinski definition) is 7. The number of fused-ring (bicyclic) bond motifs is 1. The Balaban J connectivity index is 1.36. The van der Waals surface area contributed by atoms with Crippen LogP contribution in [0.25, 0.3) is 11.1 Å². The van der Waals surface area contributed by atoms with Gasteiger partial charge in [-0.3, -0.25) is 9.59 Å². The summed E-state index contributed by atoms with van der Waals surface area (Å²) >= 11 is 6.26. The molecule has 5 rings (SSSR count). The number of carbonyl (C=O) groups is 2. The molecule has 8 nitrogen and oxygen atoms in total. The molecule has 1 saturated heterocycles. The Morgan fingerprint density at radius 3 is 2.59 bits per heavy atom. The van der Waals surface area contributed by atoms with Gasteiger partial charge < -0.3 is 19.6 Å². The molecule has 0 radical (unpaired) electrons. The lowest BCUT2D eigenvalue weighted by Crippen LogP contribution is -2.54. The van der Waals surface area contributed by atoms with E-state index in [2.05, 4.69) is 10.3 Å². The molecule has 1 aliphatic heterocycles. The molecule has 2 N–H and O–H groups in total. The number of aliphatic carboxylic acids is 1. The highest BCUT2D eigenvalue weighted by Crippen LogP contribution is 2.36. The number of carbonyl (C=O) groups excluding carboxylic acids is 1. The molecule has 1 aromatic heterocycles. The second-order valence-corrected chi connectivity index (χ2v) is 10.7. The van der Waals surface area contributed by atoms with Crippen molar-refractivity contribution in [3.8, 4) is 0 Å². The SMILES string of the molecule is Cc1cccc(Cl)c1Nc1nc2ccc(CC(=O)C(F)(OC3CCC(C(=O)O)CC3)N3CCCC3)c(F)c2o1. The van der Waals surface area contributed by atoms with Crippen molar-refractivity contribution in [2.24, 2.45) is 5.92 Å². The van der Waals surface area contributed by atoms with Crippen LogP contribution in [0.5, 0.6) is 0 Å². The quantitative estimate of drug-likeness (QED) is 0.299. The van der Waals surface area contributed by atoms with Gasteiger partial charge in [0.15, 0.2) is 11.4 Å². The summed E-state index contributed by atoms with van der Waals surface area (Å²) in [4.78, 5) is 30.3. The van der Waals surface area contributed by atoms with Gasteiger partial charge in [0, 0.05) is 19.5 Å². The van der Waals surface area contributed by atoms with E-state index in [-0.39, 0.29) is 22.7 Å². The van der Waals surface area contributed by atoms with Crippen LogP contribution in [0.1, 0.15) is 49.7 Å². The van der Waals surface area contributed by atoms with Gasteiger partial charge in [0.25, 0.3) is 6.01 Å². The number of nitrogens with zero attached hydrogens (tertiary/aromatic N) is 2. The molecule has 2 heterocycles. The van der Waals surface area contributed by atoms with Crippen molar-refractivity contribution >= 4 is 46.2 Å². The zero-order valence-corrected chi connectivity index (χ0v) is 22.3. The molecule has 0 amide bonds. The molecule has 0 bridgehead atoms. The van der Waals surface area contributed by atoms with Crippen LogP contribution in [0.15, 0.2) is 34.7 Å². The molecule has 0 spiro atoms. The van der Waals surface area contributed by atoms with Crippen molar-refractivity contribution in [2.75, 3.05) is 18.4 Å². The first kappa shape index (κ1) is 27.5. The fourth-order valence-corrected chi connectivity index (χ4v) is 5.61. The van der Waals surface area contributed by atoms with Gasteiger partial charge in [-0.15, -0.1) is 0 Å². The topological polar surface area (TPSA) is 105 Å². The largest absolute Gasteiger partial charge is 0.481 e. The molecule has 2 aromatic carbocycles. The van der Waals surface area contributed by atoms with Crippen LogP contribution in [0.2, 0.25) is 5.02 Å². The number of alkyl halides is 1. The normalized spacial score (nSPS) is 21.6. The summed E-state index contributed by atoms with van der Waals surface area (Å²) in [5.74, 6) is -5.82. The number of rotatable bonds is 9. The number of oxazole rings is 1. The van der Waals surface area contributed by atoms with Crippen LogP contribution in [-0.2, 0) is 20.7 Å². The van der Waals surface area contributed by atoms with E-state index in [1.165, 1.54) is 17.0 Å². The molecule has 1 atom stereocenters. The molecule has 11 heteroatoms. The second-order valence-electron chi connectivity index (χ2n) is 10.2. The summed E-state index contributed by atoms with van der Waals surface area (Å²) in [5, 5.41) is 12.7. The molecule has 3 aromatic rings. The standard InChI is InChI=1S/C28H30ClF2N3O5/c1-16-5-4-6-20(29)24(16)33-27-32-21-12-9-18(23(30)25(21)38-27)15-22(35)28(31,34-13-2-3-14-34)39-19-10-7-17(8-11-19)26(36)37/h4-6,9,12,17,19H,2-3,7-8,10-11,13-15H2,1H3,(H,32,33)(H,36,37). The first-order chi connectivity index (χ1) is 18.7. The van der Waals surface area contributed by atoms with Gasteiger partial charge in [0.1, 0.15) is 5.52 Å². The predicted molar refractivity (Wildman–Crippen MR) is 141 cm³/mol. The molecule has 2 fully saturated rings. The van der Waals surface area contributed by atoms with Crippen LogP contribution in [0, 0.1) is 18.7 Å². The van der Waals surface area contributed by atoms with Crippen LogP contribution in [-0.4, -0.2) is 51.9 Å². The van der Waals surface area contributed by atoms with Gasteiger partial charge in [0.2, 0.25) is 5.78 Å². The number of benzene rings is 2.